The van der Waals surface area contributed by atoms with Gasteiger partial charge < -0.3 is 11.1 Å². The van der Waals surface area contributed by atoms with Crippen LogP contribution in [-0.2, 0) is 4.79 Å². The number of hydrogen-bond acceptors (Lipinski definition) is 4. The van der Waals surface area contributed by atoms with E-state index in [1.54, 1.807) is 12.3 Å². The van der Waals surface area contributed by atoms with Gasteiger partial charge >= 0.3 is 0 Å². The molecule has 1 fully saturated rings. The van der Waals surface area contributed by atoms with Crippen LogP contribution in [0.3, 0.4) is 0 Å². The monoisotopic (exact) mass is 234 g/mol. The molecular weight excluding hydrogens is 216 g/mol. The molecule has 1 amide bonds. The van der Waals surface area contributed by atoms with Gasteiger partial charge in [-0.3, -0.25) is 4.79 Å². The molecule has 1 heterocycles. The molecule has 1 aliphatic carbocycles. The first kappa shape index (κ1) is 12.0. The topological polar surface area (TPSA) is 80.9 Å². The fourth-order valence-corrected chi connectivity index (χ4v) is 2.30. The zero-order chi connectivity index (χ0) is 12.1. The maximum atomic E-state index is 11.8. The third-order valence-corrected chi connectivity index (χ3v) is 3.23. The number of aromatic nitrogens is 2. The Morgan fingerprint density at radius 1 is 1.53 bits per heavy atom. The van der Waals surface area contributed by atoms with Crippen LogP contribution in [0.1, 0.15) is 32.1 Å². The number of carbonyl (C=O) groups excluding carboxylic acids is 1. The molecular formula is C12H18N4O. The smallest absolute Gasteiger partial charge is 0.242 e. The van der Waals surface area contributed by atoms with Crippen LogP contribution in [0.25, 0.3) is 0 Å². The zero-order valence-electron chi connectivity index (χ0n) is 9.80. The molecule has 1 atom stereocenters. The zero-order valence-corrected chi connectivity index (χ0v) is 9.80. The molecule has 0 unspecified atom stereocenters. The molecule has 0 saturated heterocycles. The molecule has 17 heavy (non-hydrogen) atoms. The maximum absolute atomic E-state index is 11.8. The Bertz CT molecular complexity index is 362. The van der Waals surface area contributed by atoms with Crippen molar-refractivity contribution < 1.29 is 4.79 Å². The fourth-order valence-electron chi connectivity index (χ4n) is 2.30. The number of nitrogens with one attached hydrogen (secondary N) is 1. The van der Waals surface area contributed by atoms with E-state index in [0.29, 0.717) is 11.7 Å². The number of carbonyl (C=O) groups is 1. The largest absolute Gasteiger partial charge is 0.320 e. The SMILES string of the molecule is N[C@@H](CC1CCCC1)C(=O)Nc1ccncn1. The second-order valence-electron chi connectivity index (χ2n) is 4.58. The molecule has 3 N–H and O–H groups in total. The first-order valence-electron chi connectivity index (χ1n) is 6.08. The number of rotatable bonds is 4. The van der Waals surface area contributed by atoms with Gasteiger partial charge in [-0.2, -0.15) is 0 Å². The van der Waals surface area contributed by atoms with E-state index in [0.717, 1.165) is 6.42 Å². The molecule has 92 valence electrons. The Morgan fingerprint density at radius 2 is 2.29 bits per heavy atom. The predicted octanol–water partition coefficient (Wildman–Crippen LogP) is 1.32. The summed E-state index contributed by atoms with van der Waals surface area (Å²) in [6, 6.07) is 1.22. The molecule has 5 heteroatoms. The lowest BCUT2D eigenvalue weighted by Gasteiger charge is -2.15. The standard InChI is InChI=1S/C12H18N4O/c13-10(7-9-3-1-2-4-9)12(17)16-11-5-6-14-8-15-11/h5-6,8-10H,1-4,7,13H2,(H,14,15,16,17)/t10-/m0/s1. The van der Waals surface area contributed by atoms with Crippen molar-refractivity contribution in [2.24, 2.45) is 11.7 Å². The van der Waals surface area contributed by atoms with E-state index in [1.807, 2.05) is 0 Å². The fraction of sp³-hybridized carbons (Fsp3) is 0.583. The van der Waals surface area contributed by atoms with E-state index in [2.05, 4.69) is 15.3 Å². The van der Waals surface area contributed by atoms with Gasteiger partial charge in [0.25, 0.3) is 0 Å². The molecule has 2 rings (SSSR count). The first-order valence-corrected chi connectivity index (χ1v) is 6.08. The highest BCUT2D eigenvalue weighted by Gasteiger charge is 2.22. The molecule has 0 aliphatic heterocycles. The summed E-state index contributed by atoms with van der Waals surface area (Å²) in [7, 11) is 0. The molecule has 1 aliphatic rings. The second kappa shape index (κ2) is 5.72. The van der Waals surface area contributed by atoms with Gasteiger partial charge in [-0.05, 0) is 18.4 Å². The summed E-state index contributed by atoms with van der Waals surface area (Å²) in [5, 5.41) is 2.70. The van der Waals surface area contributed by atoms with Crippen molar-refractivity contribution in [2.75, 3.05) is 5.32 Å². The van der Waals surface area contributed by atoms with Crippen LogP contribution >= 0.6 is 0 Å². The van der Waals surface area contributed by atoms with Gasteiger partial charge in [-0.25, -0.2) is 9.97 Å². The number of amides is 1. The molecule has 0 bridgehead atoms. The van der Waals surface area contributed by atoms with Crippen molar-refractivity contribution in [3.05, 3.63) is 18.6 Å². The Kier molecular flexibility index (Phi) is 4.03. The summed E-state index contributed by atoms with van der Waals surface area (Å²) < 4.78 is 0. The molecule has 0 spiro atoms. The molecule has 0 radical (unpaired) electrons. The van der Waals surface area contributed by atoms with Crippen LogP contribution in [0.5, 0.6) is 0 Å². The van der Waals surface area contributed by atoms with Crippen LogP contribution in [0.2, 0.25) is 0 Å². The van der Waals surface area contributed by atoms with Gasteiger partial charge in [0, 0.05) is 6.20 Å². The molecule has 0 aromatic carbocycles. The second-order valence-corrected chi connectivity index (χ2v) is 4.58. The van der Waals surface area contributed by atoms with Gasteiger partial charge in [-0.15, -0.1) is 0 Å². The Labute approximate surface area is 101 Å². The van der Waals surface area contributed by atoms with Crippen molar-refractivity contribution in [1.82, 2.24) is 9.97 Å². The first-order chi connectivity index (χ1) is 8.25. The average Bonchev–Trinajstić information content (AvgIpc) is 2.83. The lowest BCUT2D eigenvalue weighted by atomic mass is 9.98. The number of anilines is 1. The van der Waals surface area contributed by atoms with Crippen LogP contribution in [-0.4, -0.2) is 21.9 Å². The quantitative estimate of drug-likeness (QED) is 0.823. The van der Waals surface area contributed by atoms with Crippen molar-refractivity contribution in [1.29, 1.82) is 0 Å². The van der Waals surface area contributed by atoms with Gasteiger partial charge in [0.2, 0.25) is 5.91 Å². The maximum Gasteiger partial charge on any atom is 0.242 e. The average molecular weight is 234 g/mol. The Hall–Kier alpha value is -1.49. The van der Waals surface area contributed by atoms with Gasteiger partial charge in [0.15, 0.2) is 0 Å². The predicted molar refractivity (Wildman–Crippen MR) is 65.2 cm³/mol. The summed E-state index contributed by atoms with van der Waals surface area (Å²) in [6.07, 6.45) is 8.71. The van der Waals surface area contributed by atoms with Gasteiger partial charge in [-0.1, -0.05) is 25.7 Å². The molecule has 1 aromatic heterocycles. The summed E-state index contributed by atoms with van der Waals surface area (Å²) in [4.78, 5) is 19.5. The molecule has 5 nitrogen and oxygen atoms in total. The number of nitrogens with zero attached hydrogens (tertiary/aromatic N) is 2. The Morgan fingerprint density at radius 3 is 2.94 bits per heavy atom. The van der Waals surface area contributed by atoms with Crippen LogP contribution < -0.4 is 11.1 Å². The van der Waals surface area contributed by atoms with Crippen LogP contribution in [0.15, 0.2) is 18.6 Å². The van der Waals surface area contributed by atoms with E-state index in [-0.39, 0.29) is 5.91 Å². The lowest BCUT2D eigenvalue weighted by molar-refractivity contribution is -0.117. The van der Waals surface area contributed by atoms with E-state index in [4.69, 9.17) is 5.73 Å². The molecule has 1 aromatic rings. The van der Waals surface area contributed by atoms with Crippen molar-refractivity contribution in [3.63, 3.8) is 0 Å². The van der Waals surface area contributed by atoms with Crippen molar-refractivity contribution in [2.45, 2.75) is 38.1 Å². The highest BCUT2D eigenvalue weighted by atomic mass is 16.2. The van der Waals surface area contributed by atoms with E-state index < -0.39 is 6.04 Å². The number of nitrogens with two attached hydrogens (primary N) is 1. The van der Waals surface area contributed by atoms with E-state index in [9.17, 15) is 4.79 Å². The minimum absolute atomic E-state index is 0.157. The minimum atomic E-state index is -0.437. The highest BCUT2D eigenvalue weighted by molar-refractivity contribution is 5.93. The Balaban J connectivity index is 1.82. The van der Waals surface area contributed by atoms with Crippen molar-refractivity contribution >= 4 is 11.7 Å². The van der Waals surface area contributed by atoms with Crippen LogP contribution in [0.4, 0.5) is 5.82 Å². The van der Waals surface area contributed by atoms with E-state index >= 15 is 0 Å². The van der Waals surface area contributed by atoms with E-state index in [1.165, 1.54) is 32.0 Å². The highest BCUT2D eigenvalue weighted by Crippen LogP contribution is 2.28. The minimum Gasteiger partial charge on any atom is -0.320 e. The third kappa shape index (κ3) is 3.49. The summed E-state index contributed by atoms with van der Waals surface area (Å²) in [5.41, 5.74) is 5.89. The van der Waals surface area contributed by atoms with Crippen LogP contribution in [0, 0.1) is 5.92 Å². The summed E-state index contributed by atoms with van der Waals surface area (Å²) >= 11 is 0. The third-order valence-electron chi connectivity index (χ3n) is 3.23. The number of hydrogen-bond donors (Lipinski definition) is 2. The summed E-state index contributed by atoms with van der Waals surface area (Å²) in [5.74, 6) is 0.962. The van der Waals surface area contributed by atoms with Crippen molar-refractivity contribution in [3.8, 4) is 0 Å². The normalized spacial score (nSPS) is 17.9. The molecule has 1 saturated carbocycles. The van der Waals surface area contributed by atoms with Gasteiger partial charge in [0.05, 0.1) is 6.04 Å². The lowest BCUT2D eigenvalue weighted by Crippen LogP contribution is -2.37. The summed E-state index contributed by atoms with van der Waals surface area (Å²) in [6.45, 7) is 0. The van der Waals surface area contributed by atoms with Gasteiger partial charge in [0.1, 0.15) is 12.1 Å².